The van der Waals surface area contributed by atoms with Crippen LogP contribution >= 0.6 is 12.4 Å². The molecule has 0 fully saturated rings. The smallest absolute Gasteiger partial charge is 0.241 e. The normalized spacial score (nSPS) is 12.1. The van der Waals surface area contributed by atoms with E-state index in [9.17, 15) is 8.42 Å². The van der Waals surface area contributed by atoms with E-state index in [1.54, 1.807) is 0 Å². The van der Waals surface area contributed by atoms with Crippen molar-refractivity contribution in [3.05, 3.63) is 28.8 Å². The summed E-state index contributed by atoms with van der Waals surface area (Å²) in [7, 11) is -3.48. The second-order valence-electron chi connectivity index (χ2n) is 5.88. The first-order valence-electron chi connectivity index (χ1n) is 6.41. The number of nitrogens with two attached hydrogens (primary N) is 1. The summed E-state index contributed by atoms with van der Waals surface area (Å²) in [5.41, 5.74) is 8.03. The average molecular weight is 321 g/mol. The van der Waals surface area contributed by atoms with E-state index in [0.29, 0.717) is 4.90 Å². The maximum atomic E-state index is 12.2. The molecule has 0 aliphatic carbocycles. The molecule has 0 unspecified atom stereocenters. The van der Waals surface area contributed by atoms with Crippen LogP contribution in [0, 0.1) is 13.8 Å². The Bertz CT molecular complexity index is 540. The summed E-state index contributed by atoms with van der Waals surface area (Å²) in [5, 5.41) is 0. The monoisotopic (exact) mass is 320 g/mol. The third-order valence-corrected chi connectivity index (χ3v) is 4.80. The van der Waals surface area contributed by atoms with Crippen LogP contribution in [0.4, 0.5) is 0 Å². The minimum absolute atomic E-state index is 0. The molecule has 0 spiro atoms. The summed E-state index contributed by atoms with van der Waals surface area (Å²) >= 11 is 0. The zero-order chi connectivity index (χ0) is 14.8. The van der Waals surface area contributed by atoms with Crippen LogP contribution in [0.2, 0.25) is 0 Å². The van der Waals surface area contributed by atoms with Gasteiger partial charge in [-0.2, -0.15) is 0 Å². The molecule has 0 bridgehead atoms. The molecule has 0 amide bonds. The number of hydrogen-bond donors (Lipinski definition) is 2. The van der Waals surface area contributed by atoms with E-state index >= 15 is 0 Å². The maximum absolute atomic E-state index is 12.2. The van der Waals surface area contributed by atoms with Gasteiger partial charge in [-0.3, -0.25) is 0 Å². The summed E-state index contributed by atoms with van der Waals surface area (Å²) < 4.78 is 27.0. The second kappa shape index (κ2) is 6.89. The second-order valence-corrected chi connectivity index (χ2v) is 7.58. The predicted octanol–water partition coefficient (Wildman–Crippen LogP) is 2.26. The molecule has 0 aliphatic rings. The van der Waals surface area contributed by atoms with Crippen LogP contribution in [-0.2, 0) is 15.4 Å². The Morgan fingerprint density at radius 1 is 1.15 bits per heavy atom. The Balaban J connectivity index is 0.00000361. The highest BCUT2D eigenvalue weighted by Crippen LogP contribution is 2.28. The van der Waals surface area contributed by atoms with Gasteiger partial charge in [0.25, 0.3) is 0 Å². The van der Waals surface area contributed by atoms with Crippen molar-refractivity contribution in [2.75, 3.05) is 13.1 Å². The van der Waals surface area contributed by atoms with Crippen LogP contribution in [-0.4, -0.2) is 21.5 Å². The molecule has 6 heteroatoms. The van der Waals surface area contributed by atoms with Crippen molar-refractivity contribution in [1.82, 2.24) is 4.72 Å². The molecule has 3 N–H and O–H groups in total. The molecule has 0 aliphatic heterocycles. The highest BCUT2D eigenvalue weighted by Gasteiger charge is 2.22. The summed E-state index contributed by atoms with van der Waals surface area (Å²) in [4.78, 5) is 0.369. The summed E-state index contributed by atoms with van der Waals surface area (Å²) in [6, 6.07) is 3.90. The Morgan fingerprint density at radius 3 is 1.95 bits per heavy atom. The van der Waals surface area contributed by atoms with Crippen LogP contribution in [0.5, 0.6) is 0 Å². The lowest BCUT2D eigenvalue weighted by Crippen LogP contribution is -2.30. The highest BCUT2D eigenvalue weighted by atomic mass is 35.5. The number of halogens is 1. The van der Waals surface area contributed by atoms with Gasteiger partial charge in [-0.05, 0) is 36.0 Å². The van der Waals surface area contributed by atoms with E-state index in [1.807, 2.05) is 26.0 Å². The molecular weight excluding hydrogens is 296 g/mol. The van der Waals surface area contributed by atoms with E-state index in [0.717, 1.165) is 16.7 Å². The first-order valence-corrected chi connectivity index (χ1v) is 7.89. The maximum Gasteiger partial charge on any atom is 0.241 e. The van der Waals surface area contributed by atoms with Gasteiger partial charge in [-0.1, -0.05) is 32.9 Å². The zero-order valence-electron chi connectivity index (χ0n) is 12.8. The van der Waals surface area contributed by atoms with Gasteiger partial charge in [0.1, 0.15) is 0 Å². The lowest BCUT2D eigenvalue weighted by Gasteiger charge is -2.22. The van der Waals surface area contributed by atoms with E-state index in [2.05, 4.69) is 25.5 Å². The molecule has 4 nitrogen and oxygen atoms in total. The van der Waals surface area contributed by atoms with Crippen LogP contribution in [0.3, 0.4) is 0 Å². The molecule has 0 saturated carbocycles. The van der Waals surface area contributed by atoms with Crippen molar-refractivity contribution in [3.8, 4) is 0 Å². The average Bonchev–Trinajstić information content (AvgIpc) is 2.23. The largest absolute Gasteiger partial charge is 0.329 e. The summed E-state index contributed by atoms with van der Waals surface area (Å²) in [6.07, 6.45) is 0. The van der Waals surface area contributed by atoms with E-state index in [-0.39, 0.29) is 30.9 Å². The first-order chi connectivity index (χ1) is 8.59. The number of sulfonamides is 1. The Morgan fingerprint density at radius 2 is 1.60 bits per heavy atom. The van der Waals surface area contributed by atoms with Crippen LogP contribution < -0.4 is 10.5 Å². The Hall–Kier alpha value is -0.620. The van der Waals surface area contributed by atoms with Gasteiger partial charge >= 0.3 is 0 Å². The number of hydrogen-bond acceptors (Lipinski definition) is 3. The van der Waals surface area contributed by atoms with Gasteiger partial charge < -0.3 is 5.73 Å². The van der Waals surface area contributed by atoms with Crippen LogP contribution in [0.1, 0.15) is 37.5 Å². The topological polar surface area (TPSA) is 72.2 Å². The SMILES string of the molecule is Cc1cc(C(C)(C)C)cc(C)c1S(=O)(=O)NCCN.Cl. The minimum atomic E-state index is -3.48. The highest BCUT2D eigenvalue weighted by molar-refractivity contribution is 7.89. The van der Waals surface area contributed by atoms with Crippen molar-refractivity contribution >= 4 is 22.4 Å². The molecule has 0 radical (unpaired) electrons. The van der Waals surface area contributed by atoms with Crippen molar-refractivity contribution in [2.45, 2.75) is 44.9 Å². The predicted molar refractivity (Wildman–Crippen MR) is 86.1 cm³/mol. The molecule has 1 aromatic rings. The molecule has 0 saturated heterocycles. The molecule has 0 heterocycles. The molecular formula is C14H25ClN2O2S. The fourth-order valence-electron chi connectivity index (χ4n) is 2.07. The number of benzene rings is 1. The van der Waals surface area contributed by atoms with Crippen molar-refractivity contribution in [1.29, 1.82) is 0 Å². The fraction of sp³-hybridized carbons (Fsp3) is 0.571. The van der Waals surface area contributed by atoms with Gasteiger partial charge in [0.05, 0.1) is 4.90 Å². The molecule has 20 heavy (non-hydrogen) atoms. The molecule has 1 aromatic carbocycles. The lowest BCUT2D eigenvalue weighted by molar-refractivity contribution is 0.576. The lowest BCUT2D eigenvalue weighted by atomic mass is 9.85. The summed E-state index contributed by atoms with van der Waals surface area (Å²) in [6.45, 7) is 10.5. The third-order valence-electron chi connectivity index (χ3n) is 3.03. The van der Waals surface area contributed by atoms with E-state index in [4.69, 9.17) is 5.73 Å². The standard InChI is InChI=1S/C14H24N2O2S.ClH/c1-10-8-12(14(3,4)5)9-11(2)13(10)19(17,18)16-7-6-15;/h8-9,16H,6-7,15H2,1-5H3;1H. The van der Waals surface area contributed by atoms with Gasteiger partial charge in [0, 0.05) is 13.1 Å². The van der Waals surface area contributed by atoms with E-state index in [1.165, 1.54) is 0 Å². The molecule has 0 atom stereocenters. The summed E-state index contributed by atoms with van der Waals surface area (Å²) in [5.74, 6) is 0. The molecule has 116 valence electrons. The van der Waals surface area contributed by atoms with E-state index < -0.39 is 10.0 Å². The molecule has 0 aromatic heterocycles. The first kappa shape index (κ1) is 19.4. The minimum Gasteiger partial charge on any atom is -0.329 e. The van der Waals surface area contributed by atoms with Crippen molar-refractivity contribution < 1.29 is 8.42 Å². The van der Waals surface area contributed by atoms with Gasteiger partial charge in [0.2, 0.25) is 10.0 Å². The quantitative estimate of drug-likeness (QED) is 0.893. The third kappa shape index (κ3) is 4.45. The van der Waals surface area contributed by atoms with Crippen molar-refractivity contribution in [3.63, 3.8) is 0 Å². The van der Waals surface area contributed by atoms with Gasteiger partial charge in [-0.25, -0.2) is 13.1 Å². The van der Waals surface area contributed by atoms with Crippen LogP contribution in [0.15, 0.2) is 17.0 Å². The molecule has 1 rings (SSSR count). The van der Waals surface area contributed by atoms with Gasteiger partial charge in [0.15, 0.2) is 0 Å². The fourth-order valence-corrected chi connectivity index (χ4v) is 3.57. The number of nitrogens with one attached hydrogen (secondary N) is 1. The Kier molecular flexibility index (Phi) is 6.68. The number of rotatable bonds is 4. The zero-order valence-corrected chi connectivity index (χ0v) is 14.4. The van der Waals surface area contributed by atoms with Crippen LogP contribution in [0.25, 0.3) is 0 Å². The van der Waals surface area contributed by atoms with Crippen molar-refractivity contribution in [2.24, 2.45) is 5.73 Å². The Labute approximate surface area is 128 Å². The van der Waals surface area contributed by atoms with Gasteiger partial charge in [-0.15, -0.1) is 12.4 Å². The number of aryl methyl sites for hydroxylation is 2.